The molecule has 2 atom stereocenters. The second-order valence-electron chi connectivity index (χ2n) is 8.16. The van der Waals surface area contributed by atoms with Gasteiger partial charge in [0.2, 0.25) is 5.91 Å². The van der Waals surface area contributed by atoms with Gasteiger partial charge < -0.3 is 10.3 Å². The van der Waals surface area contributed by atoms with Crippen molar-refractivity contribution in [3.8, 4) is 0 Å². The summed E-state index contributed by atoms with van der Waals surface area (Å²) >= 11 is 1.65. The van der Waals surface area contributed by atoms with Crippen LogP contribution in [0.3, 0.4) is 0 Å². The Kier molecular flexibility index (Phi) is 5.81. The lowest BCUT2D eigenvalue weighted by molar-refractivity contribution is -0.121. The van der Waals surface area contributed by atoms with Gasteiger partial charge in [-0.15, -0.1) is 11.3 Å². The number of carbonyl (C=O) groups is 1. The van der Waals surface area contributed by atoms with Crippen LogP contribution in [-0.2, 0) is 24.1 Å². The molecule has 152 valence electrons. The predicted molar refractivity (Wildman–Crippen MR) is 118 cm³/mol. The molecule has 2 N–H and O–H groups in total. The number of benzene rings is 1. The normalized spacial score (nSPS) is 17.1. The van der Waals surface area contributed by atoms with Gasteiger partial charge in [0.25, 0.3) is 5.56 Å². The molecule has 3 aromatic rings. The van der Waals surface area contributed by atoms with E-state index in [9.17, 15) is 9.59 Å². The molecule has 6 heteroatoms. The number of rotatable bonds is 6. The molecule has 1 aromatic carbocycles. The second kappa shape index (κ2) is 8.49. The molecule has 29 heavy (non-hydrogen) atoms. The van der Waals surface area contributed by atoms with Gasteiger partial charge >= 0.3 is 0 Å². The summed E-state index contributed by atoms with van der Waals surface area (Å²) in [6.45, 7) is 4.96. The molecule has 2 aromatic heterocycles. The minimum Gasteiger partial charge on any atom is -0.355 e. The number of nitrogens with one attached hydrogen (secondary N) is 2. The van der Waals surface area contributed by atoms with Crippen molar-refractivity contribution in [3.05, 3.63) is 62.5 Å². The Morgan fingerprint density at radius 2 is 2.14 bits per heavy atom. The van der Waals surface area contributed by atoms with E-state index in [1.54, 1.807) is 11.3 Å². The predicted octanol–water partition coefficient (Wildman–Crippen LogP) is 3.96. The number of H-pyrrole nitrogens is 1. The lowest BCUT2D eigenvalue weighted by Gasteiger charge is -2.17. The first-order valence-electron chi connectivity index (χ1n) is 10.4. The Balaban J connectivity index is 1.38. The van der Waals surface area contributed by atoms with Crippen LogP contribution in [0, 0.1) is 5.92 Å². The topological polar surface area (TPSA) is 74.8 Å². The zero-order valence-electron chi connectivity index (χ0n) is 17.0. The number of carbonyl (C=O) groups excluding carboxylic acids is 1. The number of aryl methyl sites for hydroxylation is 2. The largest absolute Gasteiger partial charge is 0.355 e. The molecule has 2 heterocycles. The maximum absolute atomic E-state index is 12.6. The number of aromatic nitrogens is 2. The van der Waals surface area contributed by atoms with Crippen molar-refractivity contribution >= 4 is 27.5 Å². The Labute approximate surface area is 174 Å². The number of thiophene rings is 1. The molecular weight excluding hydrogens is 382 g/mol. The summed E-state index contributed by atoms with van der Waals surface area (Å²) in [7, 11) is 0. The van der Waals surface area contributed by atoms with Crippen molar-refractivity contribution in [3.63, 3.8) is 0 Å². The smallest absolute Gasteiger partial charge is 0.259 e. The number of amides is 1. The summed E-state index contributed by atoms with van der Waals surface area (Å²) in [5, 5.41) is 3.76. The highest BCUT2D eigenvalue weighted by atomic mass is 32.1. The Bertz CT molecular complexity index is 1070. The van der Waals surface area contributed by atoms with Gasteiger partial charge in [0, 0.05) is 24.3 Å². The van der Waals surface area contributed by atoms with Crippen LogP contribution in [-0.4, -0.2) is 22.4 Å². The quantitative estimate of drug-likeness (QED) is 0.647. The van der Waals surface area contributed by atoms with Crippen LogP contribution in [0.25, 0.3) is 10.2 Å². The third kappa shape index (κ3) is 4.42. The van der Waals surface area contributed by atoms with Crippen molar-refractivity contribution in [2.45, 2.75) is 51.9 Å². The van der Waals surface area contributed by atoms with E-state index >= 15 is 0 Å². The minimum atomic E-state index is -0.0600. The second-order valence-corrected chi connectivity index (χ2v) is 9.24. The third-order valence-corrected chi connectivity index (χ3v) is 6.93. The van der Waals surface area contributed by atoms with Gasteiger partial charge in [0.15, 0.2) is 0 Å². The molecule has 1 amide bonds. The average molecular weight is 410 g/mol. The molecule has 0 saturated heterocycles. The first-order valence-corrected chi connectivity index (χ1v) is 11.2. The molecule has 0 fully saturated rings. The monoisotopic (exact) mass is 409 g/mol. The standard InChI is InChI=1S/C23H27N3O2S/c1-14-8-9-17-18(12-14)29-23-21(17)22(28)25-19(26-23)10-11-20(27)24-13-15(2)16-6-4-3-5-7-16/h3-7,14-15H,8-13H2,1-2H3,(H,24,27)(H,25,26,28)/t14-,15-/m1/s1. The van der Waals surface area contributed by atoms with Crippen molar-refractivity contribution in [1.82, 2.24) is 15.3 Å². The molecule has 1 aliphatic rings. The first kappa shape index (κ1) is 19.8. The fourth-order valence-corrected chi connectivity index (χ4v) is 5.40. The number of hydrogen-bond donors (Lipinski definition) is 2. The summed E-state index contributed by atoms with van der Waals surface area (Å²) in [6, 6.07) is 10.2. The highest BCUT2D eigenvalue weighted by Crippen LogP contribution is 2.35. The maximum atomic E-state index is 12.6. The van der Waals surface area contributed by atoms with Gasteiger partial charge in [-0.05, 0) is 42.2 Å². The SMILES string of the molecule is C[C@@H]1CCc2c(sc3nc(CCC(=O)NC[C@@H](C)c4ccccc4)[nH]c(=O)c23)C1. The van der Waals surface area contributed by atoms with Crippen molar-refractivity contribution < 1.29 is 4.79 Å². The first-order chi connectivity index (χ1) is 14.0. The van der Waals surface area contributed by atoms with Crippen LogP contribution < -0.4 is 10.9 Å². The van der Waals surface area contributed by atoms with Crippen LogP contribution in [0.15, 0.2) is 35.1 Å². The van der Waals surface area contributed by atoms with Gasteiger partial charge in [-0.3, -0.25) is 9.59 Å². The number of nitrogens with zero attached hydrogens (tertiary/aromatic N) is 1. The van der Waals surface area contributed by atoms with Crippen molar-refractivity contribution in [2.75, 3.05) is 6.54 Å². The fourth-order valence-electron chi connectivity index (χ4n) is 4.00. The van der Waals surface area contributed by atoms with Gasteiger partial charge in [-0.1, -0.05) is 44.2 Å². The summed E-state index contributed by atoms with van der Waals surface area (Å²) in [6.07, 6.45) is 3.88. The van der Waals surface area contributed by atoms with Gasteiger partial charge in [-0.2, -0.15) is 0 Å². The summed E-state index contributed by atoms with van der Waals surface area (Å²) in [4.78, 5) is 34.6. The van der Waals surface area contributed by atoms with E-state index < -0.39 is 0 Å². The van der Waals surface area contributed by atoms with E-state index in [1.807, 2.05) is 18.2 Å². The number of hydrogen-bond acceptors (Lipinski definition) is 4. The van der Waals surface area contributed by atoms with Crippen LogP contribution >= 0.6 is 11.3 Å². The Morgan fingerprint density at radius 3 is 2.93 bits per heavy atom. The van der Waals surface area contributed by atoms with Crippen molar-refractivity contribution in [1.29, 1.82) is 0 Å². The van der Waals surface area contributed by atoms with E-state index in [0.717, 1.165) is 29.5 Å². The summed E-state index contributed by atoms with van der Waals surface area (Å²) < 4.78 is 0. The molecule has 0 saturated carbocycles. The van der Waals surface area contributed by atoms with Gasteiger partial charge in [0.05, 0.1) is 5.39 Å². The van der Waals surface area contributed by atoms with E-state index in [0.29, 0.717) is 31.1 Å². The van der Waals surface area contributed by atoms with Crippen LogP contribution in [0.2, 0.25) is 0 Å². The highest BCUT2D eigenvalue weighted by molar-refractivity contribution is 7.18. The molecular formula is C23H27N3O2S. The van der Waals surface area contributed by atoms with E-state index in [-0.39, 0.29) is 17.4 Å². The molecule has 0 spiro atoms. The molecule has 4 rings (SSSR count). The molecule has 0 bridgehead atoms. The van der Waals surface area contributed by atoms with Gasteiger partial charge in [0.1, 0.15) is 10.7 Å². The third-order valence-electron chi connectivity index (χ3n) is 5.78. The maximum Gasteiger partial charge on any atom is 0.259 e. The zero-order valence-corrected chi connectivity index (χ0v) is 17.8. The van der Waals surface area contributed by atoms with Gasteiger partial charge in [-0.25, -0.2) is 4.98 Å². The summed E-state index contributed by atoms with van der Waals surface area (Å²) in [5.41, 5.74) is 2.34. The van der Waals surface area contributed by atoms with Crippen LogP contribution in [0.1, 0.15) is 54.4 Å². The Morgan fingerprint density at radius 1 is 1.34 bits per heavy atom. The molecule has 0 radical (unpaired) electrons. The molecule has 1 aliphatic carbocycles. The molecule has 5 nitrogen and oxygen atoms in total. The lowest BCUT2D eigenvalue weighted by atomic mass is 9.89. The number of aromatic amines is 1. The zero-order chi connectivity index (χ0) is 20.4. The minimum absolute atomic E-state index is 0.0187. The van der Waals surface area contributed by atoms with Crippen LogP contribution in [0.4, 0.5) is 0 Å². The van der Waals surface area contributed by atoms with E-state index in [1.165, 1.54) is 16.0 Å². The number of fused-ring (bicyclic) bond motifs is 3. The lowest BCUT2D eigenvalue weighted by Crippen LogP contribution is -2.28. The van der Waals surface area contributed by atoms with Crippen molar-refractivity contribution in [2.24, 2.45) is 5.92 Å². The van der Waals surface area contributed by atoms with E-state index in [4.69, 9.17) is 0 Å². The average Bonchev–Trinajstić information content (AvgIpc) is 3.08. The molecule has 0 unspecified atom stereocenters. The fraction of sp³-hybridized carbons (Fsp3) is 0.435. The van der Waals surface area contributed by atoms with Crippen LogP contribution in [0.5, 0.6) is 0 Å². The molecule has 0 aliphatic heterocycles. The summed E-state index contributed by atoms with van der Waals surface area (Å²) in [5.74, 6) is 1.50. The Hall–Kier alpha value is -2.47. The van der Waals surface area contributed by atoms with E-state index in [2.05, 4.69) is 41.3 Å². The highest BCUT2D eigenvalue weighted by Gasteiger charge is 2.23.